The summed E-state index contributed by atoms with van der Waals surface area (Å²) in [5.74, 6) is -0.149. The molecule has 3 atom stereocenters. The van der Waals surface area contributed by atoms with E-state index in [2.05, 4.69) is 11.0 Å². The van der Waals surface area contributed by atoms with Gasteiger partial charge in [-0.15, -0.1) is 0 Å². The number of fused-ring (bicyclic) bond motifs is 1. The van der Waals surface area contributed by atoms with Gasteiger partial charge in [0, 0.05) is 46.4 Å². The molecule has 2 aliphatic rings. The van der Waals surface area contributed by atoms with Crippen molar-refractivity contribution >= 4 is 21.7 Å². The lowest BCUT2D eigenvalue weighted by molar-refractivity contribution is -0.151. The topological polar surface area (TPSA) is 122 Å². The minimum absolute atomic E-state index is 0.0201. The highest BCUT2D eigenvalue weighted by Crippen LogP contribution is 2.37. The molecule has 0 bridgehead atoms. The van der Waals surface area contributed by atoms with E-state index in [0.29, 0.717) is 33.0 Å². The van der Waals surface area contributed by atoms with Crippen molar-refractivity contribution in [3.63, 3.8) is 0 Å². The largest absolute Gasteiger partial charge is 0.490 e. The van der Waals surface area contributed by atoms with Crippen LogP contribution in [-0.4, -0.2) is 111 Å². The van der Waals surface area contributed by atoms with Gasteiger partial charge in [-0.2, -0.15) is 4.31 Å². The number of rotatable bonds is 18. The number of methoxy groups -OCH3 is 3. The van der Waals surface area contributed by atoms with Crippen molar-refractivity contribution < 1.29 is 46.4 Å². The predicted molar refractivity (Wildman–Crippen MR) is 192 cm³/mol. The first-order chi connectivity index (χ1) is 24.7. The zero-order chi connectivity index (χ0) is 36.2. The Labute approximate surface area is 301 Å². The fourth-order valence-electron chi connectivity index (χ4n) is 6.39. The second-order valence-electron chi connectivity index (χ2n) is 12.7. The summed E-state index contributed by atoms with van der Waals surface area (Å²) in [4.78, 5) is 14.8. The van der Waals surface area contributed by atoms with Crippen LogP contribution in [0.3, 0.4) is 0 Å². The molecule has 0 amide bonds. The standard InChI is InChI=1S/C38H50N2O10S/c1-28-6-13-32(14-7-28)51(42,43)40-23-35(49-26-30-10-15-34-33(22-30)39(17-19-48-34)16-5-18-44-2)38(36(24-40)50-27-37(41)46-4)31-11-8-29(9-12-31)25-47-21-20-45-3/h6-15,22,35-36,38H,5,16-21,23-27H2,1-4H3/t35-,36+,38+/m0/s1. The molecule has 51 heavy (non-hydrogen) atoms. The molecule has 2 aliphatic heterocycles. The van der Waals surface area contributed by atoms with Crippen molar-refractivity contribution in [2.45, 2.75) is 49.6 Å². The number of hydrogen-bond acceptors (Lipinski definition) is 11. The Morgan fingerprint density at radius 1 is 0.843 bits per heavy atom. The molecule has 0 saturated carbocycles. The Kier molecular flexibility index (Phi) is 14.2. The van der Waals surface area contributed by atoms with Crippen molar-refractivity contribution in [3.05, 3.63) is 89.0 Å². The first-order valence-corrected chi connectivity index (χ1v) is 18.7. The number of carbonyl (C=O) groups excluding carboxylic acids is 1. The second-order valence-corrected chi connectivity index (χ2v) is 14.6. The third-order valence-corrected chi connectivity index (χ3v) is 11.0. The minimum atomic E-state index is -3.93. The lowest BCUT2D eigenvalue weighted by atomic mass is 9.85. The molecule has 0 aliphatic carbocycles. The Morgan fingerprint density at radius 2 is 1.55 bits per heavy atom. The summed E-state index contributed by atoms with van der Waals surface area (Å²) in [6, 6.07) is 20.7. The molecule has 13 heteroatoms. The van der Waals surface area contributed by atoms with E-state index in [9.17, 15) is 13.2 Å². The van der Waals surface area contributed by atoms with E-state index < -0.39 is 34.1 Å². The third kappa shape index (κ3) is 10.3. The number of benzene rings is 3. The van der Waals surface area contributed by atoms with Crippen molar-refractivity contribution in [2.24, 2.45) is 0 Å². The van der Waals surface area contributed by atoms with Gasteiger partial charge in [0.15, 0.2) is 0 Å². The normalized spacial score (nSPS) is 19.4. The first kappa shape index (κ1) is 38.7. The molecule has 0 N–H and O–H groups in total. The van der Waals surface area contributed by atoms with Gasteiger partial charge in [0.05, 0.1) is 62.9 Å². The van der Waals surface area contributed by atoms with E-state index in [1.165, 1.54) is 11.4 Å². The molecule has 3 aromatic rings. The van der Waals surface area contributed by atoms with E-state index in [-0.39, 0.29) is 31.2 Å². The van der Waals surface area contributed by atoms with Crippen LogP contribution in [0, 0.1) is 6.92 Å². The fourth-order valence-corrected chi connectivity index (χ4v) is 7.85. The first-order valence-electron chi connectivity index (χ1n) is 17.3. The van der Waals surface area contributed by atoms with Gasteiger partial charge in [0.25, 0.3) is 0 Å². The van der Waals surface area contributed by atoms with Crippen molar-refractivity contribution in [2.75, 3.05) is 85.4 Å². The van der Waals surface area contributed by atoms with Gasteiger partial charge in [0.2, 0.25) is 10.0 Å². The maximum Gasteiger partial charge on any atom is 0.331 e. The average molecular weight is 727 g/mol. The maximum absolute atomic E-state index is 14.1. The van der Waals surface area contributed by atoms with Gasteiger partial charge in [0.1, 0.15) is 19.0 Å². The summed E-state index contributed by atoms with van der Waals surface area (Å²) in [5.41, 5.74) is 4.73. The van der Waals surface area contributed by atoms with Crippen molar-refractivity contribution in [1.29, 1.82) is 0 Å². The van der Waals surface area contributed by atoms with Crippen LogP contribution in [0.25, 0.3) is 0 Å². The van der Waals surface area contributed by atoms with E-state index in [4.69, 9.17) is 33.2 Å². The molecule has 3 aromatic carbocycles. The quantitative estimate of drug-likeness (QED) is 0.138. The number of hydrogen-bond donors (Lipinski definition) is 0. The lowest BCUT2D eigenvalue weighted by Gasteiger charge is -2.43. The Balaban J connectivity index is 1.45. The van der Waals surface area contributed by atoms with Gasteiger partial charge in [-0.1, -0.05) is 48.0 Å². The maximum atomic E-state index is 14.1. The molecular formula is C38H50N2O10S. The van der Waals surface area contributed by atoms with Gasteiger partial charge >= 0.3 is 5.97 Å². The molecule has 1 saturated heterocycles. The van der Waals surface area contributed by atoms with Crippen LogP contribution in [-0.2, 0) is 56.5 Å². The smallest absolute Gasteiger partial charge is 0.331 e. The van der Waals surface area contributed by atoms with Crippen LogP contribution in [0.1, 0.15) is 34.6 Å². The molecule has 0 unspecified atom stereocenters. The number of aryl methyl sites for hydroxylation is 1. The zero-order valence-electron chi connectivity index (χ0n) is 30.0. The molecule has 0 spiro atoms. The number of ether oxygens (including phenoxy) is 7. The molecule has 5 rings (SSSR count). The summed E-state index contributed by atoms with van der Waals surface area (Å²) in [6.07, 6.45) is -0.466. The molecule has 0 aromatic heterocycles. The monoisotopic (exact) mass is 726 g/mol. The zero-order valence-corrected chi connectivity index (χ0v) is 30.8. The molecule has 2 heterocycles. The van der Waals surface area contributed by atoms with Crippen molar-refractivity contribution in [3.8, 4) is 5.75 Å². The van der Waals surface area contributed by atoms with Gasteiger partial charge in [-0.05, 0) is 54.3 Å². The number of esters is 1. The average Bonchev–Trinajstić information content (AvgIpc) is 3.15. The number of carbonyl (C=O) groups is 1. The number of sulfonamides is 1. The van der Waals surface area contributed by atoms with Crippen LogP contribution in [0.5, 0.6) is 5.75 Å². The van der Waals surface area contributed by atoms with E-state index in [1.54, 1.807) is 38.5 Å². The van der Waals surface area contributed by atoms with Crippen LogP contribution in [0.4, 0.5) is 5.69 Å². The number of nitrogens with zero attached hydrogens (tertiary/aromatic N) is 2. The fraction of sp³-hybridized carbons (Fsp3) is 0.500. The molecule has 278 valence electrons. The van der Waals surface area contributed by atoms with E-state index in [1.807, 2.05) is 43.3 Å². The predicted octanol–water partition coefficient (Wildman–Crippen LogP) is 4.33. The van der Waals surface area contributed by atoms with E-state index >= 15 is 0 Å². The summed E-state index contributed by atoms with van der Waals surface area (Å²) in [5, 5.41) is 0. The Morgan fingerprint density at radius 3 is 2.25 bits per heavy atom. The van der Waals surface area contributed by atoms with Gasteiger partial charge in [-0.25, -0.2) is 13.2 Å². The SMILES string of the molecule is COCCCN1CCOc2ccc(CO[C@H]3CN(S(=O)(=O)c4ccc(C)cc4)C[C@@H](OCC(=O)OC)[C@@H]3c3ccc(COCCOC)cc3)cc21. The van der Waals surface area contributed by atoms with E-state index in [0.717, 1.165) is 53.2 Å². The number of anilines is 1. The minimum Gasteiger partial charge on any atom is -0.490 e. The highest BCUT2D eigenvalue weighted by atomic mass is 32.2. The molecule has 1 fully saturated rings. The molecular weight excluding hydrogens is 676 g/mol. The third-order valence-electron chi connectivity index (χ3n) is 9.16. The Bertz CT molecular complexity index is 1650. The summed E-state index contributed by atoms with van der Waals surface area (Å²) in [6.45, 7) is 6.17. The van der Waals surface area contributed by atoms with Gasteiger partial charge < -0.3 is 38.1 Å². The van der Waals surface area contributed by atoms with Crippen LogP contribution in [0.2, 0.25) is 0 Å². The summed E-state index contributed by atoms with van der Waals surface area (Å²) in [7, 11) is 0.691. The molecule has 12 nitrogen and oxygen atoms in total. The molecule has 0 radical (unpaired) electrons. The lowest BCUT2D eigenvalue weighted by Crippen LogP contribution is -2.54. The Hall–Kier alpha value is -3.56. The summed E-state index contributed by atoms with van der Waals surface area (Å²) >= 11 is 0. The number of piperidine rings is 1. The van der Waals surface area contributed by atoms with Crippen LogP contribution < -0.4 is 9.64 Å². The second kappa shape index (κ2) is 18.8. The highest BCUT2D eigenvalue weighted by molar-refractivity contribution is 7.89. The highest BCUT2D eigenvalue weighted by Gasteiger charge is 2.44. The van der Waals surface area contributed by atoms with Crippen LogP contribution in [0.15, 0.2) is 71.6 Å². The van der Waals surface area contributed by atoms with Gasteiger partial charge in [-0.3, -0.25) is 0 Å². The van der Waals surface area contributed by atoms with Crippen molar-refractivity contribution in [1.82, 2.24) is 4.31 Å². The summed E-state index contributed by atoms with van der Waals surface area (Å²) < 4.78 is 69.3. The van der Waals surface area contributed by atoms with Crippen LogP contribution >= 0.6 is 0 Å².